The molecule has 0 saturated heterocycles. The lowest BCUT2D eigenvalue weighted by Gasteiger charge is -2.05. The molecule has 0 spiro atoms. The Balaban J connectivity index is 2.26. The second kappa shape index (κ2) is 4.14. The molecule has 0 aromatic heterocycles. The van der Waals surface area contributed by atoms with E-state index in [9.17, 15) is 10.2 Å². The molecule has 0 heterocycles. The van der Waals surface area contributed by atoms with Crippen LogP contribution < -0.4 is 0 Å². The van der Waals surface area contributed by atoms with Gasteiger partial charge in [0, 0.05) is 12.0 Å². The molecule has 0 bridgehead atoms. The Kier molecular flexibility index (Phi) is 2.68. The predicted octanol–water partition coefficient (Wildman–Crippen LogP) is 2.39. The van der Waals surface area contributed by atoms with Crippen molar-refractivity contribution in [1.29, 1.82) is 0 Å². The van der Waals surface area contributed by atoms with Crippen LogP contribution in [0.3, 0.4) is 0 Å². The predicted molar refractivity (Wildman–Crippen MR) is 60.7 cm³/mol. The van der Waals surface area contributed by atoms with Crippen LogP contribution in [0, 0.1) is 0 Å². The molecule has 3 N–H and O–H groups in total. The van der Waals surface area contributed by atoms with Gasteiger partial charge in [0.2, 0.25) is 0 Å². The van der Waals surface area contributed by atoms with Gasteiger partial charge in [-0.2, -0.15) is 0 Å². The number of aromatic hydroxyl groups is 3. The molecular formula is C13H12O3. The average Bonchev–Trinajstić information content (AvgIpc) is 2.27. The maximum Gasteiger partial charge on any atom is 0.119 e. The molecule has 2 aromatic carbocycles. The normalized spacial score (nSPS) is 10.2. The van der Waals surface area contributed by atoms with Crippen LogP contribution in [0.4, 0.5) is 0 Å². The molecule has 0 aliphatic heterocycles. The number of rotatable bonds is 2. The fourth-order valence-corrected chi connectivity index (χ4v) is 1.55. The molecule has 2 rings (SSSR count). The van der Waals surface area contributed by atoms with E-state index in [1.807, 2.05) is 0 Å². The summed E-state index contributed by atoms with van der Waals surface area (Å²) in [5, 5.41) is 28.0. The van der Waals surface area contributed by atoms with Crippen LogP contribution in [0.5, 0.6) is 17.2 Å². The van der Waals surface area contributed by atoms with Gasteiger partial charge < -0.3 is 15.3 Å². The van der Waals surface area contributed by atoms with Crippen molar-refractivity contribution in [2.24, 2.45) is 0 Å². The molecule has 0 radical (unpaired) electrons. The van der Waals surface area contributed by atoms with Gasteiger partial charge in [0.05, 0.1) is 0 Å². The smallest absolute Gasteiger partial charge is 0.119 e. The summed E-state index contributed by atoms with van der Waals surface area (Å²) in [5.41, 5.74) is 1.62. The zero-order valence-electron chi connectivity index (χ0n) is 8.59. The summed E-state index contributed by atoms with van der Waals surface area (Å²) in [6.45, 7) is 0. The Morgan fingerprint density at radius 1 is 0.750 bits per heavy atom. The van der Waals surface area contributed by atoms with Gasteiger partial charge in [-0.25, -0.2) is 0 Å². The van der Waals surface area contributed by atoms with E-state index in [-0.39, 0.29) is 17.2 Å². The van der Waals surface area contributed by atoms with Crippen LogP contribution in [0.2, 0.25) is 0 Å². The molecule has 0 amide bonds. The second-order valence-electron chi connectivity index (χ2n) is 3.66. The van der Waals surface area contributed by atoms with E-state index in [0.717, 1.165) is 5.56 Å². The van der Waals surface area contributed by atoms with E-state index in [0.29, 0.717) is 12.0 Å². The molecule has 2 aromatic rings. The Morgan fingerprint density at radius 3 is 2.06 bits per heavy atom. The Labute approximate surface area is 93.2 Å². The minimum atomic E-state index is 0.131. The number of hydrogen-bond donors (Lipinski definition) is 3. The van der Waals surface area contributed by atoms with Crippen molar-refractivity contribution >= 4 is 0 Å². The van der Waals surface area contributed by atoms with E-state index in [1.165, 1.54) is 18.2 Å². The van der Waals surface area contributed by atoms with Crippen molar-refractivity contribution in [1.82, 2.24) is 0 Å². The van der Waals surface area contributed by atoms with Crippen molar-refractivity contribution in [3.05, 3.63) is 53.6 Å². The van der Waals surface area contributed by atoms with Crippen molar-refractivity contribution in [3.63, 3.8) is 0 Å². The first-order valence-electron chi connectivity index (χ1n) is 4.94. The van der Waals surface area contributed by atoms with Crippen molar-refractivity contribution < 1.29 is 15.3 Å². The highest BCUT2D eigenvalue weighted by Gasteiger charge is 2.03. The van der Waals surface area contributed by atoms with Gasteiger partial charge in [0.1, 0.15) is 17.2 Å². The van der Waals surface area contributed by atoms with Crippen LogP contribution in [-0.2, 0) is 6.42 Å². The van der Waals surface area contributed by atoms with Gasteiger partial charge in [0.15, 0.2) is 0 Å². The van der Waals surface area contributed by atoms with E-state index in [2.05, 4.69) is 0 Å². The Hall–Kier alpha value is -2.16. The summed E-state index contributed by atoms with van der Waals surface area (Å²) in [5.74, 6) is 0.501. The Bertz CT molecular complexity index is 489. The molecule has 0 saturated carbocycles. The molecule has 3 heteroatoms. The Morgan fingerprint density at radius 2 is 1.38 bits per heavy atom. The van der Waals surface area contributed by atoms with Crippen molar-refractivity contribution in [2.45, 2.75) is 6.42 Å². The first-order valence-corrected chi connectivity index (χ1v) is 4.94. The molecule has 0 aliphatic rings. The maximum absolute atomic E-state index is 9.59. The summed E-state index contributed by atoms with van der Waals surface area (Å²) >= 11 is 0. The van der Waals surface area contributed by atoms with Gasteiger partial charge in [-0.3, -0.25) is 0 Å². The molecule has 0 unspecified atom stereocenters. The lowest BCUT2D eigenvalue weighted by Crippen LogP contribution is -1.88. The molecule has 82 valence electrons. The van der Waals surface area contributed by atoms with Gasteiger partial charge in [-0.05, 0) is 35.9 Å². The molecular weight excluding hydrogens is 204 g/mol. The summed E-state index contributed by atoms with van der Waals surface area (Å²) in [7, 11) is 0. The highest BCUT2D eigenvalue weighted by Crippen LogP contribution is 2.25. The SMILES string of the molecule is Oc1ccc(Cc2cc(O)ccc2O)cc1. The summed E-state index contributed by atoms with van der Waals surface area (Å²) < 4.78 is 0. The van der Waals surface area contributed by atoms with Gasteiger partial charge in [-0.1, -0.05) is 12.1 Å². The standard InChI is InChI=1S/C13H12O3/c14-11-3-1-9(2-4-11)7-10-8-12(15)5-6-13(10)16/h1-6,8,14-16H,7H2. The highest BCUT2D eigenvalue weighted by molar-refractivity contribution is 5.42. The first kappa shape index (κ1) is 10.4. The topological polar surface area (TPSA) is 60.7 Å². The number of phenols is 3. The lowest BCUT2D eigenvalue weighted by atomic mass is 10.0. The monoisotopic (exact) mass is 216 g/mol. The minimum absolute atomic E-state index is 0.131. The van der Waals surface area contributed by atoms with Crippen LogP contribution >= 0.6 is 0 Å². The fraction of sp³-hybridized carbons (Fsp3) is 0.0769. The van der Waals surface area contributed by atoms with E-state index in [4.69, 9.17) is 5.11 Å². The second-order valence-corrected chi connectivity index (χ2v) is 3.66. The molecule has 3 nitrogen and oxygen atoms in total. The number of hydrogen-bond acceptors (Lipinski definition) is 3. The summed E-state index contributed by atoms with van der Waals surface area (Å²) in [6, 6.07) is 11.2. The fourth-order valence-electron chi connectivity index (χ4n) is 1.55. The third-order valence-electron chi connectivity index (χ3n) is 2.39. The molecule has 16 heavy (non-hydrogen) atoms. The molecule has 0 aliphatic carbocycles. The van der Waals surface area contributed by atoms with E-state index >= 15 is 0 Å². The van der Waals surface area contributed by atoms with Crippen molar-refractivity contribution in [2.75, 3.05) is 0 Å². The van der Waals surface area contributed by atoms with Crippen molar-refractivity contribution in [3.8, 4) is 17.2 Å². The summed E-state index contributed by atoms with van der Waals surface area (Å²) in [6.07, 6.45) is 0.514. The van der Waals surface area contributed by atoms with Gasteiger partial charge >= 0.3 is 0 Å². The van der Waals surface area contributed by atoms with Gasteiger partial charge in [0.25, 0.3) is 0 Å². The van der Waals surface area contributed by atoms with Crippen LogP contribution in [0.1, 0.15) is 11.1 Å². The summed E-state index contributed by atoms with van der Waals surface area (Å²) in [4.78, 5) is 0. The average molecular weight is 216 g/mol. The maximum atomic E-state index is 9.59. The molecule has 0 atom stereocenters. The molecule has 0 fully saturated rings. The van der Waals surface area contributed by atoms with Gasteiger partial charge in [-0.15, -0.1) is 0 Å². The highest BCUT2D eigenvalue weighted by atomic mass is 16.3. The van der Waals surface area contributed by atoms with E-state index in [1.54, 1.807) is 24.3 Å². The lowest BCUT2D eigenvalue weighted by molar-refractivity contribution is 0.455. The third kappa shape index (κ3) is 2.25. The number of phenolic OH excluding ortho intramolecular Hbond substituents is 3. The first-order chi connectivity index (χ1) is 7.65. The quantitative estimate of drug-likeness (QED) is 0.675. The third-order valence-corrected chi connectivity index (χ3v) is 2.39. The van der Waals surface area contributed by atoms with Crippen LogP contribution in [0.25, 0.3) is 0 Å². The van der Waals surface area contributed by atoms with E-state index < -0.39 is 0 Å². The zero-order valence-corrected chi connectivity index (χ0v) is 8.59. The largest absolute Gasteiger partial charge is 0.508 e. The number of benzene rings is 2. The van der Waals surface area contributed by atoms with Crippen LogP contribution in [-0.4, -0.2) is 15.3 Å². The zero-order chi connectivity index (χ0) is 11.5. The minimum Gasteiger partial charge on any atom is -0.508 e. The van der Waals surface area contributed by atoms with Crippen LogP contribution in [0.15, 0.2) is 42.5 Å².